The van der Waals surface area contributed by atoms with Crippen molar-refractivity contribution >= 4 is 20.0 Å². The molecule has 0 amide bonds. The lowest BCUT2D eigenvalue weighted by atomic mass is 10.6. The summed E-state index contributed by atoms with van der Waals surface area (Å²) in [6, 6.07) is 0. The Morgan fingerprint density at radius 3 is 2.08 bits per heavy atom. The SMILES string of the molecule is CNS(=O)(=O)N1CCS(=O)(=O)CC1. The van der Waals surface area contributed by atoms with E-state index in [4.69, 9.17) is 0 Å². The fourth-order valence-electron chi connectivity index (χ4n) is 1.07. The first kappa shape index (κ1) is 10.9. The number of hydrogen-bond acceptors (Lipinski definition) is 4. The van der Waals surface area contributed by atoms with Gasteiger partial charge < -0.3 is 0 Å². The molecule has 0 radical (unpaired) electrons. The summed E-state index contributed by atoms with van der Waals surface area (Å²) in [5.74, 6) is -0.179. The van der Waals surface area contributed by atoms with Gasteiger partial charge in [-0.3, -0.25) is 0 Å². The van der Waals surface area contributed by atoms with Crippen molar-refractivity contribution in [2.24, 2.45) is 0 Å². The maximum absolute atomic E-state index is 11.2. The van der Waals surface area contributed by atoms with Crippen molar-refractivity contribution in [1.29, 1.82) is 0 Å². The summed E-state index contributed by atoms with van der Waals surface area (Å²) in [5.41, 5.74) is 0. The Bertz CT molecular complexity index is 357. The maximum atomic E-state index is 11.2. The highest BCUT2D eigenvalue weighted by atomic mass is 32.2. The van der Waals surface area contributed by atoms with Crippen LogP contribution in [-0.2, 0) is 20.0 Å². The second kappa shape index (κ2) is 3.52. The monoisotopic (exact) mass is 228 g/mol. The average Bonchev–Trinajstić information content (AvgIpc) is 2.04. The van der Waals surface area contributed by atoms with Gasteiger partial charge >= 0.3 is 0 Å². The Morgan fingerprint density at radius 1 is 1.23 bits per heavy atom. The minimum absolute atomic E-state index is 0.0471. The summed E-state index contributed by atoms with van der Waals surface area (Å²) in [7, 11) is -5.17. The largest absolute Gasteiger partial charge is 0.279 e. The molecule has 1 aliphatic rings. The van der Waals surface area contributed by atoms with E-state index in [1.54, 1.807) is 0 Å². The quantitative estimate of drug-likeness (QED) is 0.603. The molecule has 8 heteroatoms. The van der Waals surface area contributed by atoms with Crippen LogP contribution in [0.3, 0.4) is 0 Å². The van der Waals surface area contributed by atoms with Gasteiger partial charge in [-0.05, 0) is 0 Å². The van der Waals surface area contributed by atoms with Crippen LogP contribution in [0.25, 0.3) is 0 Å². The Morgan fingerprint density at radius 2 is 1.69 bits per heavy atom. The van der Waals surface area contributed by atoms with E-state index >= 15 is 0 Å². The van der Waals surface area contributed by atoms with Crippen molar-refractivity contribution in [2.45, 2.75) is 0 Å². The predicted molar refractivity (Wildman–Crippen MR) is 48.2 cm³/mol. The second-order valence-corrected chi connectivity index (χ2v) is 6.94. The van der Waals surface area contributed by atoms with Gasteiger partial charge in [0, 0.05) is 20.1 Å². The van der Waals surface area contributed by atoms with E-state index in [1.807, 2.05) is 0 Å². The Hall–Kier alpha value is -0.180. The zero-order valence-corrected chi connectivity index (χ0v) is 8.86. The average molecular weight is 228 g/mol. The second-order valence-electron chi connectivity index (χ2n) is 2.76. The first-order chi connectivity index (χ1) is 5.87. The molecule has 0 spiro atoms. The smallest absolute Gasteiger partial charge is 0.229 e. The summed E-state index contributed by atoms with van der Waals surface area (Å²) in [4.78, 5) is 0. The maximum Gasteiger partial charge on any atom is 0.279 e. The van der Waals surface area contributed by atoms with Crippen LogP contribution < -0.4 is 4.72 Å². The highest BCUT2D eigenvalue weighted by molar-refractivity contribution is 7.91. The van der Waals surface area contributed by atoms with Crippen LogP contribution in [0.4, 0.5) is 0 Å². The fourth-order valence-corrected chi connectivity index (χ4v) is 3.42. The molecule has 1 aliphatic heterocycles. The van der Waals surface area contributed by atoms with Gasteiger partial charge in [-0.1, -0.05) is 0 Å². The third-order valence-electron chi connectivity index (χ3n) is 1.90. The summed E-state index contributed by atoms with van der Waals surface area (Å²) >= 11 is 0. The van der Waals surface area contributed by atoms with Gasteiger partial charge in [0.1, 0.15) is 0 Å². The highest BCUT2D eigenvalue weighted by Crippen LogP contribution is 2.06. The predicted octanol–water partition coefficient (Wildman–Crippen LogP) is -1.82. The Kier molecular flexibility index (Phi) is 2.95. The first-order valence-electron chi connectivity index (χ1n) is 3.76. The van der Waals surface area contributed by atoms with Gasteiger partial charge in [-0.15, -0.1) is 0 Å². The third-order valence-corrected chi connectivity index (χ3v) is 5.07. The molecule has 1 heterocycles. The molecule has 0 aliphatic carbocycles. The molecule has 0 atom stereocenters. The van der Waals surface area contributed by atoms with E-state index < -0.39 is 20.0 Å². The van der Waals surface area contributed by atoms with Crippen LogP contribution in [0.1, 0.15) is 0 Å². The van der Waals surface area contributed by atoms with Crippen LogP contribution in [0.15, 0.2) is 0 Å². The van der Waals surface area contributed by atoms with Gasteiger partial charge in [-0.2, -0.15) is 12.7 Å². The summed E-state index contributed by atoms with van der Waals surface area (Å²) in [5, 5.41) is 0. The van der Waals surface area contributed by atoms with Crippen LogP contribution >= 0.6 is 0 Å². The van der Waals surface area contributed by atoms with Crippen molar-refractivity contribution in [1.82, 2.24) is 9.03 Å². The lowest BCUT2D eigenvalue weighted by molar-refractivity contribution is 0.425. The molecule has 0 saturated carbocycles. The molecule has 0 aromatic rings. The van der Waals surface area contributed by atoms with E-state index in [0.717, 1.165) is 4.31 Å². The minimum atomic E-state index is -3.45. The Balaban J connectivity index is 2.71. The number of hydrogen-bond donors (Lipinski definition) is 1. The zero-order chi connectivity index (χ0) is 10.1. The topological polar surface area (TPSA) is 83.6 Å². The standard InChI is InChI=1S/C5H12N2O4S2/c1-6-13(10,11)7-2-4-12(8,9)5-3-7/h6H,2-5H2,1H3. The van der Waals surface area contributed by atoms with Gasteiger partial charge in [0.05, 0.1) is 11.5 Å². The van der Waals surface area contributed by atoms with E-state index in [-0.39, 0.29) is 24.6 Å². The van der Waals surface area contributed by atoms with E-state index in [1.165, 1.54) is 7.05 Å². The van der Waals surface area contributed by atoms with Gasteiger partial charge in [0.25, 0.3) is 10.2 Å². The normalized spacial score (nSPS) is 24.4. The van der Waals surface area contributed by atoms with Crippen LogP contribution in [0, 0.1) is 0 Å². The molecule has 78 valence electrons. The van der Waals surface area contributed by atoms with E-state index in [2.05, 4.69) is 4.72 Å². The molecular formula is C5H12N2O4S2. The third kappa shape index (κ3) is 2.63. The van der Waals surface area contributed by atoms with Crippen LogP contribution in [-0.4, -0.2) is 52.8 Å². The van der Waals surface area contributed by atoms with Crippen molar-refractivity contribution in [3.05, 3.63) is 0 Å². The van der Waals surface area contributed by atoms with E-state index in [9.17, 15) is 16.8 Å². The number of nitrogens with one attached hydrogen (secondary N) is 1. The highest BCUT2D eigenvalue weighted by Gasteiger charge is 2.28. The first-order valence-corrected chi connectivity index (χ1v) is 7.02. The van der Waals surface area contributed by atoms with Gasteiger partial charge in [-0.25, -0.2) is 13.1 Å². The summed E-state index contributed by atoms with van der Waals surface area (Å²) in [6.07, 6.45) is 0. The fraction of sp³-hybridized carbons (Fsp3) is 1.00. The molecule has 1 rings (SSSR count). The number of sulfone groups is 1. The lowest BCUT2D eigenvalue weighted by Crippen LogP contribution is -2.47. The van der Waals surface area contributed by atoms with Crippen LogP contribution in [0.2, 0.25) is 0 Å². The molecule has 0 unspecified atom stereocenters. The van der Waals surface area contributed by atoms with E-state index in [0.29, 0.717) is 0 Å². The number of nitrogens with zero attached hydrogens (tertiary/aromatic N) is 1. The molecule has 1 N–H and O–H groups in total. The minimum Gasteiger partial charge on any atom is -0.229 e. The lowest BCUT2D eigenvalue weighted by Gasteiger charge is -2.24. The summed E-state index contributed by atoms with van der Waals surface area (Å²) < 4.78 is 47.6. The van der Waals surface area contributed by atoms with Crippen molar-refractivity contribution in [2.75, 3.05) is 31.6 Å². The van der Waals surface area contributed by atoms with Crippen molar-refractivity contribution in [3.63, 3.8) is 0 Å². The molecule has 13 heavy (non-hydrogen) atoms. The Labute approximate surface area is 78.0 Å². The molecule has 0 aromatic carbocycles. The summed E-state index contributed by atoms with van der Waals surface area (Å²) in [6.45, 7) is 0.0943. The molecule has 6 nitrogen and oxygen atoms in total. The van der Waals surface area contributed by atoms with Crippen molar-refractivity contribution < 1.29 is 16.8 Å². The van der Waals surface area contributed by atoms with Crippen LogP contribution in [0.5, 0.6) is 0 Å². The number of rotatable bonds is 2. The molecule has 1 fully saturated rings. The van der Waals surface area contributed by atoms with Crippen molar-refractivity contribution in [3.8, 4) is 0 Å². The van der Waals surface area contributed by atoms with Gasteiger partial charge in [0.15, 0.2) is 9.84 Å². The molecule has 0 aromatic heterocycles. The molecular weight excluding hydrogens is 216 g/mol. The van der Waals surface area contributed by atoms with Gasteiger partial charge in [0.2, 0.25) is 0 Å². The molecule has 1 saturated heterocycles. The zero-order valence-electron chi connectivity index (χ0n) is 7.23. The molecule has 0 bridgehead atoms.